The van der Waals surface area contributed by atoms with Crippen LogP contribution < -0.4 is 11.5 Å². The van der Waals surface area contributed by atoms with Gasteiger partial charge in [0.15, 0.2) is 0 Å². The van der Waals surface area contributed by atoms with Crippen molar-refractivity contribution in [2.24, 2.45) is 11.5 Å². The van der Waals surface area contributed by atoms with Gasteiger partial charge in [-0.15, -0.1) is 13.1 Å². The van der Waals surface area contributed by atoms with E-state index in [0.29, 0.717) is 26.2 Å². The Morgan fingerprint density at radius 1 is 0.941 bits per heavy atom. The molecule has 109 valence electrons. The van der Waals surface area contributed by atoms with Crippen molar-refractivity contribution in [1.29, 1.82) is 0 Å². The van der Waals surface area contributed by atoms with E-state index in [1.807, 2.05) is 0 Å². The van der Waals surface area contributed by atoms with Crippen LogP contribution in [0.25, 0.3) is 11.5 Å². The van der Waals surface area contributed by atoms with Crippen molar-refractivity contribution in [3.05, 3.63) is 11.5 Å². The molecule has 17 heavy (non-hydrogen) atoms. The first-order valence-electron chi connectivity index (χ1n) is 4.34. The Hall–Kier alpha value is 3.12. The van der Waals surface area contributed by atoms with E-state index in [9.17, 15) is 0 Å². The molecule has 0 spiro atoms. The normalized spacial score (nSPS) is 6.82. The summed E-state index contributed by atoms with van der Waals surface area (Å²) in [5.74, 6) is 0. The van der Waals surface area contributed by atoms with E-state index in [2.05, 4.69) is 0 Å². The third-order valence-electron chi connectivity index (χ3n) is 0.762. The fourth-order valence-electron chi connectivity index (χ4n) is 0.204. The number of halogens is 4. The molecule has 0 rings (SSSR count). The first-order chi connectivity index (χ1) is 7.66. The van der Waals surface area contributed by atoms with Gasteiger partial charge in [0.25, 0.3) is 0 Å². The Morgan fingerprint density at radius 3 is 1.12 bits per heavy atom. The molecule has 0 saturated heterocycles. The van der Waals surface area contributed by atoms with Crippen LogP contribution >= 0.6 is 35.7 Å². The van der Waals surface area contributed by atoms with E-state index in [4.69, 9.17) is 58.6 Å². The summed E-state index contributed by atoms with van der Waals surface area (Å²) in [4.78, 5) is 0. The number of rotatable bonds is 4. The van der Waals surface area contributed by atoms with Crippen LogP contribution in [0, 0.1) is 0 Å². The minimum Gasteiger partial charge on any atom is -0.677 e. The molecular weight excluding hydrogens is 571 g/mol. The zero-order valence-electron chi connectivity index (χ0n) is 9.29. The summed E-state index contributed by atoms with van der Waals surface area (Å²) in [6, 6.07) is 0. The van der Waals surface area contributed by atoms with E-state index in [0.717, 1.165) is 12.8 Å². The molecule has 6 N–H and O–H groups in total. The van der Waals surface area contributed by atoms with Gasteiger partial charge in [-0.25, -0.2) is 0 Å². The molecule has 0 atom stereocenters. The topological polar surface area (TPSA) is 99.6 Å². The molecule has 0 aromatic carbocycles. The van der Waals surface area contributed by atoms with Gasteiger partial charge in [0, 0.05) is 0 Å². The third kappa shape index (κ3) is 111. The van der Waals surface area contributed by atoms with Gasteiger partial charge < -0.3 is 22.9 Å². The maximum Gasteiger partial charge on any atom is 2.00 e. The molecule has 0 fully saturated rings. The fraction of sp³-hybridized carbons (Fsp3) is 1.00. The SMILES string of the molecule is [Cl][Sn+][Cl].[Cl][SnH][Cl].[Cu+2].[NH-]CCCN.[NH-]CCCN. The molecule has 0 amide bonds. The smallest absolute Gasteiger partial charge is 0.677 e. The number of hydrogen-bond donors (Lipinski definition) is 2. The largest absolute Gasteiger partial charge is 2.00 e. The maximum atomic E-state index is 6.52. The summed E-state index contributed by atoms with van der Waals surface area (Å²) in [6.45, 7) is 2.25. The second-order valence-corrected chi connectivity index (χ2v) is 11.1. The van der Waals surface area contributed by atoms with Crippen molar-refractivity contribution in [2.45, 2.75) is 12.8 Å². The molecule has 11 heteroatoms. The number of nitrogens with two attached hydrogens (primary N) is 2. The summed E-state index contributed by atoms with van der Waals surface area (Å²) in [5.41, 5.74) is 23.1. The van der Waals surface area contributed by atoms with Crippen molar-refractivity contribution < 1.29 is 17.1 Å². The fourth-order valence-corrected chi connectivity index (χ4v) is 0.204. The second kappa shape index (κ2) is 50.8. The average Bonchev–Trinajstić information content (AvgIpc) is 2.23. The summed E-state index contributed by atoms with van der Waals surface area (Å²) < 4.78 is 0. The quantitative estimate of drug-likeness (QED) is 0.493. The van der Waals surface area contributed by atoms with Gasteiger partial charge in [-0.05, 0) is 13.1 Å². The van der Waals surface area contributed by atoms with E-state index in [1.54, 1.807) is 0 Å². The molecule has 0 aromatic heterocycles. The van der Waals surface area contributed by atoms with E-state index >= 15 is 0 Å². The Kier molecular flexibility index (Phi) is 96.1. The van der Waals surface area contributed by atoms with Crippen LogP contribution in [0.3, 0.4) is 0 Å². The minimum atomic E-state index is -0.946. The predicted molar refractivity (Wildman–Crippen MR) is 82.0 cm³/mol. The van der Waals surface area contributed by atoms with E-state index in [-0.39, 0.29) is 17.1 Å². The zero-order chi connectivity index (χ0) is 13.7. The molecule has 0 unspecified atom stereocenters. The first kappa shape index (κ1) is 32.2. The Balaban J connectivity index is -0.0000000381. The molecule has 0 aliphatic heterocycles. The van der Waals surface area contributed by atoms with E-state index < -0.39 is 37.8 Å². The molecule has 0 saturated carbocycles. The van der Waals surface area contributed by atoms with E-state index in [1.165, 1.54) is 0 Å². The van der Waals surface area contributed by atoms with Crippen LogP contribution in [0.5, 0.6) is 0 Å². The van der Waals surface area contributed by atoms with Gasteiger partial charge in [-0.1, -0.05) is 12.8 Å². The first-order valence-corrected chi connectivity index (χ1v) is 19.9. The van der Waals surface area contributed by atoms with Gasteiger partial charge >= 0.3 is 90.5 Å². The van der Waals surface area contributed by atoms with Crippen LogP contribution in [-0.2, 0) is 17.1 Å². The summed E-state index contributed by atoms with van der Waals surface area (Å²) >= 11 is -1.77. The Labute approximate surface area is 150 Å². The zero-order valence-corrected chi connectivity index (χ0v) is 19.4. The van der Waals surface area contributed by atoms with Crippen LogP contribution in [0.1, 0.15) is 12.8 Å². The van der Waals surface area contributed by atoms with Crippen LogP contribution in [0.2, 0.25) is 0 Å². The second-order valence-electron chi connectivity index (χ2n) is 1.94. The minimum absolute atomic E-state index is 0. The molecule has 0 aromatic rings. The van der Waals surface area contributed by atoms with Crippen molar-refractivity contribution in [3.8, 4) is 0 Å². The maximum absolute atomic E-state index is 6.52. The van der Waals surface area contributed by atoms with Gasteiger partial charge in [0.1, 0.15) is 0 Å². The molecule has 0 bridgehead atoms. The van der Waals surface area contributed by atoms with Crippen molar-refractivity contribution in [3.63, 3.8) is 0 Å². The molecule has 4 nitrogen and oxygen atoms in total. The average molecular weight is 590 g/mol. The molecule has 0 heterocycles. The monoisotopic (exact) mass is 590 g/mol. The summed E-state index contributed by atoms with van der Waals surface area (Å²) in [7, 11) is 19.8. The summed E-state index contributed by atoms with van der Waals surface area (Å²) in [6.07, 6.45) is 1.67. The van der Waals surface area contributed by atoms with Crippen LogP contribution in [0.4, 0.5) is 0 Å². The standard InChI is InChI=1S/2C3H9N2.4ClH.Cu.2Sn.H/c2*4-2-1-3-5;;;;;;;;/h2*4H,1-3,5H2;4*1H;;;;/q2*-1;;;;;2*+2;+3;/p-4. The summed E-state index contributed by atoms with van der Waals surface area (Å²) in [5, 5.41) is 0. The van der Waals surface area contributed by atoms with Crippen molar-refractivity contribution in [1.82, 2.24) is 0 Å². The molecule has 3 radical (unpaired) electrons. The van der Waals surface area contributed by atoms with Crippen LogP contribution in [-0.4, -0.2) is 64.0 Å². The molecule has 0 aliphatic carbocycles. The Morgan fingerprint density at radius 2 is 1.12 bits per heavy atom. The molecule has 0 aliphatic rings. The Bertz CT molecular complexity index is 72.0. The van der Waals surface area contributed by atoms with Gasteiger partial charge in [-0.2, -0.15) is 0 Å². The van der Waals surface area contributed by atoms with Gasteiger partial charge in [-0.3, -0.25) is 0 Å². The number of nitrogens with one attached hydrogen (secondary N) is 2. The van der Waals surface area contributed by atoms with Crippen LogP contribution in [0.15, 0.2) is 0 Å². The van der Waals surface area contributed by atoms with Gasteiger partial charge in [0.2, 0.25) is 0 Å². The van der Waals surface area contributed by atoms with Crippen molar-refractivity contribution >= 4 is 73.5 Å². The molecular formula is C6H19Cl4CuN4Sn2+. The van der Waals surface area contributed by atoms with Gasteiger partial charge in [0.05, 0.1) is 0 Å². The number of hydrogen-bond acceptors (Lipinski definition) is 2. The van der Waals surface area contributed by atoms with Crippen molar-refractivity contribution in [2.75, 3.05) is 26.2 Å². The predicted octanol–water partition coefficient (Wildman–Crippen LogP) is 2.50. The third-order valence-corrected chi connectivity index (χ3v) is 0.762.